The van der Waals surface area contributed by atoms with Crippen molar-refractivity contribution < 1.29 is 5.11 Å². The van der Waals surface area contributed by atoms with Gasteiger partial charge in [-0.3, -0.25) is 0 Å². The van der Waals surface area contributed by atoms with E-state index in [1.54, 1.807) is 6.92 Å². The first-order chi connectivity index (χ1) is 6.09. The minimum absolute atomic E-state index is 0.0550. The van der Waals surface area contributed by atoms with Gasteiger partial charge in [-0.25, -0.2) is 0 Å². The molecule has 72 valence electrons. The van der Waals surface area contributed by atoms with Crippen LogP contribution in [-0.4, -0.2) is 11.2 Å². The summed E-state index contributed by atoms with van der Waals surface area (Å²) in [6.07, 6.45) is 0.277. The Kier molecular flexibility index (Phi) is 3.46. The van der Waals surface area contributed by atoms with E-state index in [0.29, 0.717) is 6.42 Å². The maximum atomic E-state index is 9.16. The highest BCUT2D eigenvalue weighted by Crippen LogP contribution is 2.15. The van der Waals surface area contributed by atoms with Gasteiger partial charge >= 0.3 is 0 Å². The molecule has 0 aliphatic heterocycles. The van der Waals surface area contributed by atoms with E-state index >= 15 is 0 Å². The van der Waals surface area contributed by atoms with Crippen molar-refractivity contribution in [1.29, 1.82) is 0 Å². The van der Waals surface area contributed by atoms with Gasteiger partial charge in [0, 0.05) is 6.04 Å². The zero-order chi connectivity index (χ0) is 9.84. The molecule has 13 heavy (non-hydrogen) atoms. The zero-order valence-corrected chi connectivity index (χ0v) is 8.20. The first-order valence-electron chi connectivity index (χ1n) is 4.60. The summed E-state index contributed by atoms with van der Waals surface area (Å²) in [5, 5.41) is 9.16. The summed E-state index contributed by atoms with van der Waals surface area (Å²) < 4.78 is 0. The fourth-order valence-electron chi connectivity index (χ4n) is 1.32. The van der Waals surface area contributed by atoms with Crippen LogP contribution in [0.4, 0.5) is 0 Å². The summed E-state index contributed by atoms with van der Waals surface area (Å²) in [5.74, 6) is 0. The molecular weight excluding hydrogens is 162 g/mol. The van der Waals surface area contributed by atoms with Crippen LogP contribution in [0.15, 0.2) is 24.3 Å². The average Bonchev–Trinajstić information content (AvgIpc) is 2.04. The van der Waals surface area contributed by atoms with Gasteiger partial charge in [-0.2, -0.15) is 0 Å². The average molecular weight is 179 g/mol. The van der Waals surface area contributed by atoms with Crippen LogP contribution in [0, 0.1) is 6.92 Å². The molecular formula is C11H17NO. The van der Waals surface area contributed by atoms with Crippen molar-refractivity contribution in [1.82, 2.24) is 0 Å². The summed E-state index contributed by atoms with van der Waals surface area (Å²) in [7, 11) is 0. The van der Waals surface area contributed by atoms with Crippen molar-refractivity contribution in [2.75, 3.05) is 0 Å². The van der Waals surface area contributed by atoms with E-state index in [9.17, 15) is 0 Å². The second-order valence-corrected chi connectivity index (χ2v) is 3.60. The molecule has 0 spiro atoms. The lowest BCUT2D eigenvalue weighted by molar-refractivity contribution is 0.175. The summed E-state index contributed by atoms with van der Waals surface area (Å²) in [6, 6.07) is 8.06. The summed E-state index contributed by atoms with van der Waals surface area (Å²) >= 11 is 0. The largest absolute Gasteiger partial charge is 0.393 e. The molecule has 0 radical (unpaired) electrons. The molecule has 2 nitrogen and oxygen atoms in total. The smallest absolute Gasteiger partial charge is 0.0530 e. The van der Waals surface area contributed by atoms with Crippen LogP contribution in [0.2, 0.25) is 0 Å². The Bertz CT molecular complexity index is 253. The lowest BCUT2D eigenvalue weighted by Gasteiger charge is -2.13. The SMILES string of the molecule is Cc1ccc([C@@H](N)CC(C)O)cc1. The van der Waals surface area contributed by atoms with Crippen molar-refractivity contribution in [3.05, 3.63) is 35.4 Å². The third kappa shape index (κ3) is 3.17. The Balaban J connectivity index is 2.66. The van der Waals surface area contributed by atoms with E-state index in [1.165, 1.54) is 5.56 Å². The van der Waals surface area contributed by atoms with Crippen LogP contribution in [0.25, 0.3) is 0 Å². The number of hydrogen-bond donors (Lipinski definition) is 2. The first kappa shape index (κ1) is 10.2. The van der Waals surface area contributed by atoms with Crippen molar-refractivity contribution in [2.45, 2.75) is 32.4 Å². The number of aliphatic hydroxyl groups excluding tert-OH is 1. The maximum absolute atomic E-state index is 9.16. The molecule has 2 atom stereocenters. The molecule has 0 saturated heterocycles. The van der Waals surface area contributed by atoms with Gasteiger partial charge in [0.05, 0.1) is 6.10 Å². The van der Waals surface area contributed by atoms with Gasteiger partial charge in [0.1, 0.15) is 0 Å². The standard InChI is InChI=1S/C11H17NO/c1-8-3-5-10(6-4-8)11(12)7-9(2)13/h3-6,9,11,13H,7,12H2,1-2H3/t9?,11-/m0/s1. The molecule has 0 aliphatic carbocycles. The van der Waals surface area contributed by atoms with Crippen LogP contribution < -0.4 is 5.73 Å². The summed E-state index contributed by atoms with van der Waals surface area (Å²) in [4.78, 5) is 0. The predicted octanol–water partition coefficient (Wildman–Crippen LogP) is 1.77. The molecule has 1 aromatic rings. The molecule has 2 heteroatoms. The minimum atomic E-state index is -0.337. The Morgan fingerprint density at radius 2 is 1.85 bits per heavy atom. The van der Waals surface area contributed by atoms with Gasteiger partial charge in [-0.1, -0.05) is 29.8 Å². The van der Waals surface area contributed by atoms with Crippen molar-refractivity contribution in [3.63, 3.8) is 0 Å². The molecule has 0 aromatic heterocycles. The number of rotatable bonds is 3. The van der Waals surface area contributed by atoms with E-state index in [1.807, 2.05) is 31.2 Å². The lowest BCUT2D eigenvalue weighted by Crippen LogP contribution is -2.16. The maximum Gasteiger partial charge on any atom is 0.0530 e. The van der Waals surface area contributed by atoms with E-state index < -0.39 is 0 Å². The van der Waals surface area contributed by atoms with Gasteiger partial charge in [-0.15, -0.1) is 0 Å². The quantitative estimate of drug-likeness (QED) is 0.742. The van der Waals surface area contributed by atoms with Crippen LogP contribution in [0.5, 0.6) is 0 Å². The Labute approximate surface area is 79.4 Å². The normalized spacial score (nSPS) is 15.4. The highest BCUT2D eigenvalue weighted by Gasteiger charge is 2.08. The van der Waals surface area contributed by atoms with Gasteiger partial charge < -0.3 is 10.8 Å². The molecule has 1 rings (SSSR count). The number of hydrogen-bond acceptors (Lipinski definition) is 2. The third-order valence-corrected chi connectivity index (χ3v) is 2.10. The molecule has 0 saturated carbocycles. The van der Waals surface area contributed by atoms with E-state index in [4.69, 9.17) is 10.8 Å². The second kappa shape index (κ2) is 4.40. The van der Waals surface area contributed by atoms with Crippen LogP contribution in [0.3, 0.4) is 0 Å². The van der Waals surface area contributed by atoms with E-state index in [0.717, 1.165) is 5.56 Å². The lowest BCUT2D eigenvalue weighted by atomic mass is 10.0. The van der Waals surface area contributed by atoms with Gasteiger partial charge in [0.25, 0.3) is 0 Å². The zero-order valence-electron chi connectivity index (χ0n) is 8.20. The highest BCUT2D eigenvalue weighted by molar-refractivity contribution is 5.23. The van der Waals surface area contributed by atoms with Gasteiger partial charge in [0.2, 0.25) is 0 Å². The van der Waals surface area contributed by atoms with E-state index in [2.05, 4.69) is 0 Å². The second-order valence-electron chi connectivity index (χ2n) is 3.60. The van der Waals surface area contributed by atoms with Crippen LogP contribution in [0.1, 0.15) is 30.5 Å². The number of benzene rings is 1. The summed E-state index contributed by atoms with van der Waals surface area (Å²) in [6.45, 7) is 3.80. The minimum Gasteiger partial charge on any atom is -0.393 e. The fourth-order valence-corrected chi connectivity index (χ4v) is 1.32. The van der Waals surface area contributed by atoms with Gasteiger partial charge in [0.15, 0.2) is 0 Å². The molecule has 3 N–H and O–H groups in total. The first-order valence-corrected chi connectivity index (χ1v) is 4.60. The molecule has 0 fully saturated rings. The van der Waals surface area contributed by atoms with Gasteiger partial charge in [-0.05, 0) is 25.8 Å². The van der Waals surface area contributed by atoms with E-state index in [-0.39, 0.29) is 12.1 Å². The Morgan fingerprint density at radius 1 is 1.31 bits per heavy atom. The van der Waals surface area contributed by atoms with Crippen molar-refractivity contribution in [3.8, 4) is 0 Å². The van der Waals surface area contributed by atoms with Crippen LogP contribution >= 0.6 is 0 Å². The third-order valence-electron chi connectivity index (χ3n) is 2.10. The molecule has 0 heterocycles. The number of aliphatic hydroxyl groups is 1. The van der Waals surface area contributed by atoms with Crippen LogP contribution in [-0.2, 0) is 0 Å². The fraction of sp³-hybridized carbons (Fsp3) is 0.455. The Morgan fingerprint density at radius 3 is 2.31 bits per heavy atom. The van der Waals surface area contributed by atoms with Crippen molar-refractivity contribution >= 4 is 0 Å². The highest BCUT2D eigenvalue weighted by atomic mass is 16.3. The molecule has 1 aromatic carbocycles. The topological polar surface area (TPSA) is 46.2 Å². The summed E-state index contributed by atoms with van der Waals surface area (Å²) in [5.41, 5.74) is 8.20. The molecule has 1 unspecified atom stereocenters. The monoisotopic (exact) mass is 179 g/mol. The molecule has 0 bridgehead atoms. The number of aryl methyl sites for hydroxylation is 1. The molecule has 0 aliphatic rings. The Hall–Kier alpha value is -0.860. The molecule has 0 amide bonds. The predicted molar refractivity (Wildman–Crippen MR) is 54.4 cm³/mol. The number of nitrogens with two attached hydrogens (primary N) is 1. The van der Waals surface area contributed by atoms with Crippen molar-refractivity contribution in [2.24, 2.45) is 5.73 Å².